The van der Waals surface area contributed by atoms with Gasteiger partial charge >= 0.3 is 0 Å². The van der Waals surface area contributed by atoms with E-state index in [0.717, 1.165) is 5.69 Å². The Morgan fingerprint density at radius 1 is 0.377 bits per heavy atom. The molecule has 10 aromatic rings. The van der Waals surface area contributed by atoms with Crippen LogP contribution in [0.15, 0.2) is 188 Å². The fourth-order valence-electron chi connectivity index (χ4n) is 7.97. The third-order valence-electron chi connectivity index (χ3n) is 10.6. The third kappa shape index (κ3) is 5.51. The molecule has 0 amide bonds. The standard InChI is InChI=1S/C49H34N2.C2H6/c1-50(39-13-3-2-4-14-39)40-27-23-35(24-28-40)34-19-21-36(22-20-34)38-26-30-46-47(32-38)51(41-29-25-33-11-5-6-12-37(33)31-41)49-45-18-10-8-16-43(45)42-15-7-9-17-44(42)48(46)49;1-2/h2-32H,1H3;1-2H3. The molecule has 0 saturated carbocycles. The van der Waals surface area contributed by atoms with Crippen LogP contribution < -0.4 is 4.90 Å². The van der Waals surface area contributed by atoms with Crippen molar-refractivity contribution < 1.29 is 0 Å². The summed E-state index contributed by atoms with van der Waals surface area (Å²) in [5.74, 6) is 0. The van der Waals surface area contributed by atoms with Crippen molar-refractivity contribution in [2.24, 2.45) is 0 Å². The number of fused-ring (bicyclic) bond motifs is 9. The molecule has 2 nitrogen and oxygen atoms in total. The summed E-state index contributed by atoms with van der Waals surface area (Å²) in [6, 6.07) is 68.6. The van der Waals surface area contributed by atoms with E-state index in [9.17, 15) is 0 Å². The molecular weight excluding hydrogens is 641 g/mol. The van der Waals surface area contributed by atoms with Gasteiger partial charge in [0.25, 0.3) is 0 Å². The van der Waals surface area contributed by atoms with Crippen LogP contribution in [0.2, 0.25) is 0 Å². The number of aromatic nitrogens is 1. The highest BCUT2D eigenvalue weighted by atomic mass is 15.1. The molecule has 0 unspecified atom stereocenters. The summed E-state index contributed by atoms with van der Waals surface area (Å²) in [6.07, 6.45) is 0. The van der Waals surface area contributed by atoms with Gasteiger partial charge in [-0.3, -0.25) is 0 Å². The summed E-state index contributed by atoms with van der Waals surface area (Å²) in [7, 11) is 2.11. The SMILES string of the molecule is CC.CN(c1ccccc1)c1ccc(-c2ccc(-c3ccc4c5c6ccccc6c6ccccc6c5n(-c5ccc6ccccc6c5)c4c3)cc2)cc1. The average molecular weight is 681 g/mol. The third-order valence-corrected chi connectivity index (χ3v) is 10.6. The van der Waals surface area contributed by atoms with Crippen molar-refractivity contribution >= 4 is 65.5 Å². The second-order valence-electron chi connectivity index (χ2n) is 13.4. The molecule has 0 bridgehead atoms. The van der Waals surface area contributed by atoms with Gasteiger partial charge in [0, 0.05) is 40.3 Å². The molecule has 53 heavy (non-hydrogen) atoms. The van der Waals surface area contributed by atoms with E-state index >= 15 is 0 Å². The summed E-state index contributed by atoms with van der Waals surface area (Å²) < 4.78 is 2.50. The predicted octanol–water partition coefficient (Wildman–Crippen LogP) is 14.4. The van der Waals surface area contributed by atoms with Crippen LogP contribution in [0.3, 0.4) is 0 Å². The van der Waals surface area contributed by atoms with E-state index in [1.807, 2.05) is 13.8 Å². The maximum Gasteiger partial charge on any atom is 0.0625 e. The first kappa shape index (κ1) is 32.3. The van der Waals surface area contributed by atoms with Crippen LogP contribution >= 0.6 is 0 Å². The lowest BCUT2D eigenvalue weighted by molar-refractivity contribution is 1.19. The van der Waals surface area contributed by atoms with Crippen LogP contribution in [0, 0.1) is 0 Å². The van der Waals surface area contributed by atoms with Crippen LogP contribution in [0.4, 0.5) is 11.4 Å². The normalized spacial score (nSPS) is 11.3. The van der Waals surface area contributed by atoms with E-state index in [2.05, 4.69) is 205 Å². The number of para-hydroxylation sites is 1. The molecule has 0 radical (unpaired) electrons. The van der Waals surface area contributed by atoms with Crippen molar-refractivity contribution in [2.75, 3.05) is 11.9 Å². The van der Waals surface area contributed by atoms with Crippen LogP contribution in [-0.4, -0.2) is 11.6 Å². The Morgan fingerprint density at radius 3 is 1.58 bits per heavy atom. The number of anilines is 2. The zero-order valence-electron chi connectivity index (χ0n) is 30.3. The Morgan fingerprint density at radius 2 is 0.887 bits per heavy atom. The van der Waals surface area contributed by atoms with Gasteiger partial charge in [0.15, 0.2) is 0 Å². The van der Waals surface area contributed by atoms with Crippen molar-refractivity contribution in [3.05, 3.63) is 188 Å². The first-order valence-electron chi connectivity index (χ1n) is 18.6. The number of nitrogens with zero attached hydrogens (tertiary/aromatic N) is 2. The highest BCUT2D eigenvalue weighted by Crippen LogP contribution is 2.43. The number of hydrogen-bond acceptors (Lipinski definition) is 1. The maximum atomic E-state index is 2.50. The molecule has 0 aliphatic heterocycles. The molecular formula is C51H40N2. The molecule has 9 aromatic carbocycles. The summed E-state index contributed by atoms with van der Waals surface area (Å²) >= 11 is 0. The molecule has 0 fully saturated rings. The molecule has 254 valence electrons. The van der Waals surface area contributed by atoms with Crippen LogP contribution in [0.1, 0.15) is 13.8 Å². The van der Waals surface area contributed by atoms with Crippen molar-refractivity contribution in [1.29, 1.82) is 0 Å². The quantitative estimate of drug-likeness (QED) is 0.164. The van der Waals surface area contributed by atoms with Gasteiger partial charge in [0.1, 0.15) is 0 Å². The molecule has 1 heterocycles. The van der Waals surface area contributed by atoms with Gasteiger partial charge in [-0.15, -0.1) is 0 Å². The van der Waals surface area contributed by atoms with E-state index in [1.54, 1.807) is 0 Å². The van der Waals surface area contributed by atoms with Crippen molar-refractivity contribution in [1.82, 2.24) is 4.57 Å². The monoisotopic (exact) mass is 680 g/mol. The molecule has 0 saturated heterocycles. The minimum atomic E-state index is 1.16. The van der Waals surface area contributed by atoms with Crippen molar-refractivity contribution in [3.8, 4) is 27.9 Å². The van der Waals surface area contributed by atoms with E-state index in [0.29, 0.717) is 0 Å². The van der Waals surface area contributed by atoms with Crippen LogP contribution in [0.25, 0.3) is 82.1 Å². The lowest BCUT2D eigenvalue weighted by Gasteiger charge is -2.19. The van der Waals surface area contributed by atoms with Crippen LogP contribution in [-0.2, 0) is 0 Å². The van der Waals surface area contributed by atoms with Crippen LogP contribution in [0.5, 0.6) is 0 Å². The maximum absolute atomic E-state index is 2.50. The topological polar surface area (TPSA) is 8.17 Å². The Labute approximate surface area is 310 Å². The minimum absolute atomic E-state index is 1.16. The smallest absolute Gasteiger partial charge is 0.0625 e. The molecule has 2 heteroatoms. The highest BCUT2D eigenvalue weighted by molar-refractivity contribution is 6.32. The second kappa shape index (κ2) is 13.5. The summed E-state index contributed by atoms with van der Waals surface area (Å²) in [5, 5.41) is 10.2. The van der Waals surface area contributed by atoms with Gasteiger partial charge in [-0.1, -0.05) is 159 Å². The lowest BCUT2D eigenvalue weighted by atomic mass is 9.96. The molecule has 10 rings (SSSR count). The summed E-state index contributed by atoms with van der Waals surface area (Å²) in [6.45, 7) is 4.00. The highest BCUT2D eigenvalue weighted by Gasteiger charge is 2.19. The molecule has 0 spiro atoms. The average Bonchev–Trinajstić information content (AvgIpc) is 3.59. The zero-order chi connectivity index (χ0) is 35.9. The predicted molar refractivity (Wildman–Crippen MR) is 230 cm³/mol. The number of benzene rings is 9. The van der Waals surface area contributed by atoms with E-state index in [1.165, 1.54) is 87.8 Å². The Bertz CT molecular complexity index is 2900. The van der Waals surface area contributed by atoms with E-state index in [4.69, 9.17) is 0 Å². The van der Waals surface area contributed by atoms with Gasteiger partial charge in [0.2, 0.25) is 0 Å². The Hall–Kier alpha value is -6.64. The summed E-state index contributed by atoms with van der Waals surface area (Å²) in [4.78, 5) is 2.21. The van der Waals surface area contributed by atoms with Gasteiger partial charge in [-0.25, -0.2) is 0 Å². The number of hydrogen-bond donors (Lipinski definition) is 0. The lowest BCUT2D eigenvalue weighted by Crippen LogP contribution is -2.08. The van der Waals surface area contributed by atoms with Crippen molar-refractivity contribution in [3.63, 3.8) is 0 Å². The second-order valence-corrected chi connectivity index (χ2v) is 13.4. The van der Waals surface area contributed by atoms with E-state index in [-0.39, 0.29) is 0 Å². The fourth-order valence-corrected chi connectivity index (χ4v) is 7.97. The van der Waals surface area contributed by atoms with E-state index < -0.39 is 0 Å². The fraction of sp³-hybridized carbons (Fsp3) is 0.0588. The van der Waals surface area contributed by atoms with Gasteiger partial charge < -0.3 is 9.47 Å². The first-order chi connectivity index (χ1) is 26.2. The van der Waals surface area contributed by atoms with Gasteiger partial charge in [-0.2, -0.15) is 0 Å². The molecule has 1 aromatic heterocycles. The molecule has 0 aliphatic carbocycles. The summed E-state index contributed by atoms with van der Waals surface area (Å²) in [5.41, 5.74) is 10.8. The van der Waals surface area contributed by atoms with Gasteiger partial charge in [-0.05, 0) is 91.6 Å². The molecule has 0 atom stereocenters. The molecule has 0 N–H and O–H groups in total. The first-order valence-corrected chi connectivity index (χ1v) is 18.6. The Balaban J connectivity index is 0.00000183. The largest absolute Gasteiger partial charge is 0.345 e. The minimum Gasteiger partial charge on any atom is -0.345 e. The zero-order valence-corrected chi connectivity index (χ0v) is 30.3. The number of rotatable bonds is 5. The van der Waals surface area contributed by atoms with Crippen molar-refractivity contribution in [2.45, 2.75) is 13.8 Å². The molecule has 0 aliphatic rings. The van der Waals surface area contributed by atoms with Gasteiger partial charge in [0.05, 0.1) is 11.0 Å². The Kier molecular flexibility index (Phi) is 8.21.